The second-order valence-corrected chi connectivity index (χ2v) is 6.48. The number of carbonyl (C=O) groups is 1. The van der Waals surface area contributed by atoms with Gasteiger partial charge < -0.3 is 15.1 Å². The van der Waals surface area contributed by atoms with Crippen LogP contribution in [0.25, 0.3) is 0 Å². The Morgan fingerprint density at radius 2 is 2.12 bits per heavy atom. The maximum Gasteiger partial charge on any atom is 0.246 e. The van der Waals surface area contributed by atoms with E-state index in [2.05, 4.69) is 20.3 Å². The van der Waals surface area contributed by atoms with Crippen molar-refractivity contribution in [2.75, 3.05) is 32.5 Å². The SMILES string of the molecule is CN(C)C/C=C/C(=O)N1CCCC1c1nccnc1Nc1ccccn1. The summed E-state index contributed by atoms with van der Waals surface area (Å²) in [6.45, 7) is 1.47. The van der Waals surface area contributed by atoms with Crippen molar-refractivity contribution < 1.29 is 4.79 Å². The largest absolute Gasteiger partial charge is 0.330 e. The first kappa shape index (κ1) is 18.0. The average molecular weight is 352 g/mol. The van der Waals surface area contributed by atoms with Crippen molar-refractivity contribution in [1.82, 2.24) is 24.8 Å². The number of hydrogen-bond donors (Lipinski definition) is 1. The van der Waals surface area contributed by atoms with Crippen molar-refractivity contribution in [3.8, 4) is 0 Å². The quantitative estimate of drug-likeness (QED) is 0.805. The first-order chi connectivity index (χ1) is 12.6. The molecule has 0 aliphatic carbocycles. The third-order valence-corrected chi connectivity index (χ3v) is 4.22. The molecule has 7 nitrogen and oxygen atoms in total. The minimum absolute atomic E-state index is 0.0174. The van der Waals surface area contributed by atoms with Crippen molar-refractivity contribution in [1.29, 1.82) is 0 Å². The predicted octanol–water partition coefficient (Wildman–Crippen LogP) is 2.40. The fourth-order valence-corrected chi connectivity index (χ4v) is 3.02. The molecule has 136 valence electrons. The minimum Gasteiger partial charge on any atom is -0.330 e. The van der Waals surface area contributed by atoms with E-state index in [0.717, 1.165) is 31.6 Å². The summed E-state index contributed by atoms with van der Waals surface area (Å²) in [5.74, 6) is 1.37. The van der Waals surface area contributed by atoms with Crippen LogP contribution in [-0.4, -0.2) is 57.8 Å². The third kappa shape index (κ3) is 4.43. The molecule has 26 heavy (non-hydrogen) atoms. The van der Waals surface area contributed by atoms with E-state index >= 15 is 0 Å². The molecule has 1 N–H and O–H groups in total. The van der Waals surface area contributed by atoms with Crippen LogP contribution in [0.3, 0.4) is 0 Å². The van der Waals surface area contributed by atoms with Gasteiger partial charge in [-0.2, -0.15) is 0 Å². The summed E-state index contributed by atoms with van der Waals surface area (Å²) in [5.41, 5.74) is 0.782. The topological polar surface area (TPSA) is 74.2 Å². The molecule has 1 aliphatic heterocycles. The molecule has 0 aromatic carbocycles. The smallest absolute Gasteiger partial charge is 0.246 e. The van der Waals surface area contributed by atoms with Crippen LogP contribution in [0.5, 0.6) is 0 Å². The molecule has 1 saturated heterocycles. The van der Waals surface area contributed by atoms with Crippen LogP contribution in [0, 0.1) is 0 Å². The molecule has 1 fully saturated rings. The van der Waals surface area contributed by atoms with Crippen molar-refractivity contribution in [3.05, 3.63) is 54.6 Å². The first-order valence-electron chi connectivity index (χ1n) is 8.76. The molecule has 3 heterocycles. The van der Waals surface area contributed by atoms with Gasteiger partial charge in [0.2, 0.25) is 5.91 Å². The number of anilines is 2. The molecule has 0 bridgehead atoms. The Morgan fingerprint density at radius 3 is 2.88 bits per heavy atom. The van der Waals surface area contributed by atoms with Crippen LogP contribution in [0.4, 0.5) is 11.6 Å². The zero-order chi connectivity index (χ0) is 18.4. The molecular formula is C19H24N6O. The Balaban J connectivity index is 1.79. The summed E-state index contributed by atoms with van der Waals surface area (Å²) in [6, 6.07) is 5.57. The molecule has 0 spiro atoms. The summed E-state index contributed by atoms with van der Waals surface area (Å²) in [7, 11) is 3.95. The van der Waals surface area contributed by atoms with E-state index < -0.39 is 0 Å². The fraction of sp³-hybridized carbons (Fsp3) is 0.368. The van der Waals surface area contributed by atoms with E-state index in [0.29, 0.717) is 11.6 Å². The van der Waals surface area contributed by atoms with Gasteiger partial charge in [-0.3, -0.25) is 9.78 Å². The molecule has 1 aliphatic rings. The highest BCUT2D eigenvalue weighted by molar-refractivity contribution is 5.88. The van der Waals surface area contributed by atoms with Gasteiger partial charge in [0.1, 0.15) is 11.5 Å². The number of nitrogens with one attached hydrogen (secondary N) is 1. The normalized spacial score (nSPS) is 17.2. The highest BCUT2D eigenvalue weighted by Crippen LogP contribution is 2.34. The van der Waals surface area contributed by atoms with Gasteiger partial charge in [0.15, 0.2) is 5.82 Å². The molecule has 3 rings (SSSR count). The van der Waals surface area contributed by atoms with Crippen LogP contribution in [0.15, 0.2) is 48.9 Å². The zero-order valence-electron chi connectivity index (χ0n) is 15.2. The van der Waals surface area contributed by atoms with E-state index in [9.17, 15) is 4.79 Å². The number of aromatic nitrogens is 3. The molecule has 0 saturated carbocycles. The van der Waals surface area contributed by atoms with Crippen molar-refractivity contribution in [2.24, 2.45) is 0 Å². The van der Waals surface area contributed by atoms with Gasteiger partial charge in [-0.05, 0) is 39.1 Å². The Kier molecular flexibility index (Phi) is 5.91. The Morgan fingerprint density at radius 1 is 1.27 bits per heavy atom. The second-order valence-electron chi connectivity index (χ2n) is 6.48. The number of carbonyl (C=O) groups excluding carboxylic acids is 1. The zero-order valence-corrected chi connectivity index (χ0v) is 15.2. The molecule has 1 unspecified atom stereocenters. The lowest BCUT2D eigenvalue weighted by Gasteiger charge is -2.24. The lowest BCUT2D eigenvalue weighted by molar-refractivity contribution is -0.127. The molecule has 0 radical (unpaired) electrons. The number of nitrogens with zero attached hydrogens (tertiary/aromatic N) is 5. The van der Waals surface area contributed by atoms with Gasteiger partial charge in [0.25, 0.3) is 0 Å². The molecule has 2 aromatic heterocycles. The van der Waals surface area contributed by atoms with Crippen molar-refractivity contribution in [2.45, 2.75) is 18.9 Å². The Labute approximate surface area is 153 Å². The molecule has 1 amide bonds. The van der Waals surface area contributed by atoms with Crippen LogP contribution < -0.4 is 5.32 Å². The van der Waals surface area contributed by atoms with E-state index in [1.807, 2.05) is 48.2 Å². The number of likely N-dealkylation sites (tertiary alicyclic amines) is 1. The number of rotatable bonds is 6. The van der Waals surface area contributed by atoms with E-state index in [1.165, 1.54) is 0 Å². The molecular weight excluding hydrogens is 328 g/mol. The minimum atomic E-state index is -0.0774. The lowest BCUT2D eigenvalue weighted by Crippen LogP contribution is -2.30. The van der Waals surface area contributed by atoms with Gasteiger partial charge in [-0.15, -0.1) is 0 Å². The lowest BCUT2D eigenvalue weighted by atomic mass is 10.1. The van der Waals surface area contributed by atoms with E-state index in [4.69, 9.17) is 0 Å². The van der Waals surface area contributed by atoms with Gasteiger partial charge >= 0.3 is 0 Å². The van der Waals surface area contributed by atoms with Crippen LogP contribution in [0.2, 0.25) is 0 Å². The first-order valence-corrected chi connectivity index (χ1v) is 8.76. The van der Waals surface area contributed by atoms with E-state index in [-0.39, 0.29) is 11.9 Å². The number of amides is 1. The second kappa shape index (κ2) is 8.53. The maximum atomic E-state index is 12.6. The van der Waals surface area contributed by atoms with Gasteiger partial charge in [0, 0.05) is 37.8 Å². The van der Waals surface area contributed by atoms with Crippen LogP contribution in [-0.2, 0) is 4.79 Å². The molecule has 7 heteroatoms. The van der Waals surface area contributed by atoms with Gasteiger partial charge in [-0.1, -0.05) is 12.1 Å². The predicted molar refractivity (Wildman–Crippen MR) is 101 cm³/mol. The third-order valence-electron chi connectivity index (χ3n) is 4.22. The number of hydrogen-bond acceptors (Lipinski definition) is 6. The van der Waals surface area contributed by atoms with E-state index in [1.54, 1.807) is 24.7 Å². The van der Waals surface area contributed by atoms with Crippen LogP contribution in [0.1, 0.15) is 24.6 Å². The fourth-order valence-electron chi connectivity index (χ4n) is 3.02. The number of pyridine rings is 1. The summed E-state index contributed by atoms with van der Waals surface area (Å²) < 4.78 is 0. The molecule has 1 atom stereocenters. The summed E-state index contributed by atoms with van der Waals surface area (Å²) >= 11 is 0. The summed E-state index contributed by atoms with van der Waals surface area (Å²) in [5, 5.41) is 3.22. The van der Waals surface area contributed by atoms with Crippen LogP contribution >= 0.6 is 0 Å². The highest BCUT2D eigenvalue weighted by atomic mass is 16.2. The molecule has 2 aromatic rings. The summed E-state index contributed by atoms with van der Waals surface area (Å²) in [4.78, 5) is 29.7. The van der Waals surface area contributed by atoms with Gasteiger partial charge in [0.05, 0.1) is 6.04 Å². The monoisotopic (exact) mass is 352 g/mol. The standard InChI is InChI=1S/C19H24N6O/c1-24(2)13-6-9-17(26)25-14-5-7-15(25)18-19(22-12-11-21-18)23-16-8-3-4-10-20-16/h3-4,6,8-12,15H,5,7,13-14H2,1-2H3,(H,20,22,23)/b9-6+. The average Bonchev–Trinajstić information content (AvgIpc) is 3.12. The Bertz CT molecular complexity index is 762. The van der Waals surface area contributed by atoms with Crippen molar-refractivity contribution >= 4 is 17.5 Å². The maximum absolute atomic E-state index is 12.6. The summed E-state index contributed by atoms with van der Waals surface area (Å²) in [6.07, 6.45) is 10.4. The number of likely N-dealkylation sites (N-methyl/N-ethyl adjacent to an activating group) is 1. The highest BCUT2D eigenvalue weighted by Gasteiger charge is 2.32. The van der Waals surface area contributed by atoms with Crippen molar-refractivity contribution in [3.63, 3.8) is 0 Å². The Hall–Kier alpha value is -2.80. The van der Waals surface area contributed by atoms with Gasteiger partial charge in [-0.25, -0.2) is 9.97 Å².